The number of hydrogen-bond acceptors (Lipinski definition) is 3. The molecule has 106 valence electrons. The van der Waals surface area contributed by atoms with Gasteiger partial charge in [0.25, 0.3) is 0 Å². The van der Waals surface area contributed by atoms with Crippen LogP contribution in [-0.2, 0) is 11.3 Å². The molecular formula is C15H23NO3. The van der Waals surface area contributed by atoms with Gasteiger partial charge in [-0.25, -0.2) is 0 Å². The zero-order valence-corrected chi connectivity index (χ0v) is 11.8. The molecule has 2 unspecified atom stereocenters. The quantitative estimate of drug-likeness (QED) is 0.850. The predicted molar refractivity (Wildman–Crippen MR) is 72.9 cm³/mol. The summed E-state index contributed by atoms with van der Waals surface area (Å²) in [6.07, 6.45) is 5.06. The first-order valence-corrected chi connectivity index (χ1v) is 7.06. The number of carbonyl (C=O) groups is 1. The van der Waals surface area contributed by atoms with E-state index in [2.05, 4.69) is 4.90 Å². The monoisotopic (exact) mass is 265 g/mol. The average Bonchev–Trinajstić information content (AvgIpc) is 2.65. The van der Waals surface area contributed by atoms with Crippen molar-refractivity contribution in [3.63, 3.8) is 0 Å². The lowest BCUT2D eigenvalue weighted by atomic mass is 9.93. The number of nitrogens with zero attached hydrogens (tertiary/aromatic N) is 1. The molecule has 2 rings (SSSR count). The summed E-state index contributed by atoms with van der Waals surface area (Å²) >= 11 is 0. The van der Waals surface area contributed by atoms with Crippen molar-refractivity contribution in [2.24, 2.45) is 5.92 Å². The van der Waals surface area contributed by atoms with Gasteiger partial charge < -0.3 is 9.52 Å². The summed E-state index contributed by atoms with van der Waals surface area (Å²) in [5.74, 6) is 0.908. The van der Waals surface area contributed by atoms with Gasteiger partial charge in [-0.3, -0.25) is 9.69 Å². The van der Waals surface area contributed by atoms with Crippen LogP contribution in [0.2, 0.25) is 0 Å². The Kier molecular flexibility index (Phi) is 4.64. The van der Waals surface area contributed by atoms with Crippen LogP contribution < -0.4 is 0 Å². The summed E-state index contributed by atoms with van der Waals surface area (Å²) < 4.78 is 5.58. The minimum absolute atomic E-state index is 0.116. The number of furan rings is 1. The molecule has 1 aliphatic rings. The van der Waals surface area contributed by atoms with Crippen molar-refractivity contribution >= 4 is 5.97 Å². The zero-order chi connectivity index (χ0) is 13.8. The maximum atomic E-state index is 11.4. The molecule has 1 heterocycles. The Hall–Kier alpha value is -1.29. The minimum Gasteiger partial charge on any atom is -0.481 e. The Balaban J connectivity index is 2.05. The van der Waals surface area contributed by atoms with Crippen molar-refractivity contribution in [2.75, 3.05) is 7.05 Å². The molecule has 1 saturated carbocycles. The van der Waals surface area contributed by atoms with E-state index < -0.39 is 5.97 Å². The Bertz CT molecular complexity index is 427. The number of aliphatic carboxylic acids is 1. The standard InChI is InChI=1S/C15H23NO3/c1-11-8-9-12(19-11)10-16(2)14-7-5-3-4-6-13(14)15(17)18/h8-9,13-14H,3-7,10H2,1-2H3,(H,17,18). The van der Waals surface area contributed by atoms with Crippen molar-refractivity contribution in [3.8, 4) is 0 Å². The lowest BCUT2D eigenvalue weighted by Gasteiger charge is -2.30. The van der Waals surface area contributed by atoms with Crippen LogP contribution in [0.5, 0.6) is 0 Å². The molecule has 1 fully saturated rings. The van der Waals surface area contributed by atoms with Gasteiger partial charge in [-0.1, -0.05) is 19.3 Å². The Labute approximate surface area is 114 Å². The van der Waals surface area contributed by atoms with Crippen LogP contribution >= 0.6 is 0 Å². The first kappa shape index (κ1) is 14.1. The van der Waals surface area contributed by atoms with Gasteiger partial charge in [0.05, 0.1) is 12.5 Å². The van der Waals surface area contributed by atoms with E-state index in [1.54, 1.807) is 0 Å². The number of carboxylic acids is 1. The fraction of sp³-hybridized carbons (Fsp3) is 0.667. The van der Waals surface area contributed by atoms with E-state index in [-0.39, 0.29) is 12.0 Å². The summed E-state index contributed by atoms with van der Waals surface area (Å²) in [7, 11) is 2.00. The predicted octanol–water partition coefficient (Wildman–Crippen LogP) is 3.05. The molecule has 0 amide bonds. The van der Waals surface area contributed by atoms with E-state index in [1.807, 2.05) is 26.1 Å². The first-order valence-electron chi connectivity index (χ1n) is 7.06. The van der Waals surface area contributed by atoms with Crippen LogP contribution in [0.3, 0.4) is 0 Å². The summed E-state index contributed by atoms with van der Waals surface area (Å²) in [4.78, 5) is 13.6. The van der Waals surface area contributed by atoms with Crippen LogP contribution in [-0.4, -0.2) is 29.1 Å². The lowest BCUT2D eigenvalue weighted by Crippen LogP contribution is -2.40. The first-order chi connectivity index (χ1) is 9.08. The van der Waals surface area contributed by atoms with Gasteiger partial charge in [0, 0.05) is 6.04 Å². The van der Waals surface area contributed by atoms with E-state index in [9.17, 15) is 9.90 Å². The van der Waals surface area contributed by atoms with E-state index in [1.165, 1.54) is 0 Å². The zero-order valence-electron chi connectivity index (χ0n) is 11.8. The molecular weight excluding hydrogens is 242 g/mol. The molecule has 4 heteroatoms. The van der Waals surface area contributed by atoms with Crippen molar-refractivity contribution < 1.29 is 14.3 Å². The van der Waals surface area contributed by atoms with Gasteiger partial charge in [-0.2, -0.15) is 0 Å². The van der Waals surface area contributed by atoms with E-state index in [0.29, 0.717) is 6.54 Å². The molecule has 1 aliphatic carbocycles. The normalized spacial score (nSPS) is 24.4. The summed E-state index contributed by atoms with van der Waals surface area (Å²) in [6.45, 7) is 2.61. The van der Waals surface area contributed by atoms with Gasteiger partial charge in [0.15, 0.2) is 0 Å². The molecule has 0 aromatic carbocycles. The summed E-state index contributed by atoms with van der Waals surface area (Å²) in [5, 5.41) is 9.40. The smallest absolute Gasteiger partial charge is 0.308 e. The maximum Gasteiger partial charge on any atom is 0.308 e. The van der Waals surface area contributed by atoms with E-state index >= 15 is 0 Å². The number of rotatable bonds is 4. The van der Waals surface area contributed by atoms with Gasteiger partial charge in [0.1, 0.15) is 11.5 Å². The van der Waals surface area contributed by atoms with Crippen molar-refractivity contribution in [3.05, 3.63) is 23.7 Å². The Morgan fingerprint density at radius 1 is 1.37 bits per heavy atom. The molecule has 0 bridgehead atoms. The summed E-state index contributed by atoms with van der Waals surface area (Å²) in [5.41, 5.74) is 0. The fourth-order valence-electron chi connectivity index (χ4n) is 3.04. The minimum atomic E-state index is -0.658. The Morgan fingerprint density at radius 2 is 2.11 bits per heavy atom. The van der Waals surface area contributed by atoms with Crippen LogP contribution in [0.1, 0.15) is 43.6 Å². The molecule has 19 heavy (non-hydrogen) atoms. The molecule has 0 spiro atoms. The largest absolute Gasteiger partial charge is 0.481 e. The number of aryl methyl sites for hydroxylation is 1. The van der Waals surface area contributed by atoms with Crippen LogP contribution in [0.25, 0.3) is 0 Å². The highest BCUT2D eigenvalue weighted by Crippen LogP contribution is 2.28. The molecule has 1 aromatic rings. The third kappa shape index (κ3) is 3.60. The van der Waals surface area contributed by atoms with Gasteiger partial charge in [-0.15, -0.1) is 0 Å². The number of carboxylic acid groups (broad SMARTS) is 1. The maximum absolute atomic E-state index is 11.4. The molecule has 4 nitrogen and oxygen atoms in total. The molecule has 0 saturated heterocycles. The van der Waals surface area contributed by atoms with Crippen molar-refractivity contribution in [2.45, 2.75) is 51.6 Å². The summed E-state index contributed by atoms with van der Waals surface area (Å²) in [6, 6.07) is 4.04. The van der Waals surface area contributed by atoms with Crippen LogP contribution in [0.15, 0.2) is 16.5 Å². The van der Waals surface area contributed by atoms with E-state index in [0.717, 1.165) is 43.6 Å². The van der Waals surface area contributed by atoms with Crippen LogP contribution in [0, 0.1) is 12.8 Å². The molecule has 0 radical (unpaired) electrons. The fourth-order valence-corrected chi connectivity index (χ4v) is 3.04. The highest BCUT2D eigenvalue weighted by Gasteiger charge is 2.32. The van der Waals surface area contributed by atoms with E-state index in [4.69, 9.17) is 4.42 Å². The molecule has 0 aliphatic heterocycles. The SMILES string of the molecule is Cc1ccc(CN(C)C2CCCCCC2C(=O)O)o1. The van der Waals surface area contributed by atoms with Gasteiger partial charge in [0.2, 0.25) is 0 Å². The van der Waals surface area contributed by atoms with Crippen molar-refractivity contribution in [1.82, 2.24) is 4.90 Å². The highest BCUT2D eigenvalue weighted by atomic mass is 16.4. The van der Waals surface area contributed by atoms with Gasteiger partial charge in [-0.05, 0) is 38.9 Å². The van der Waals surface area contributed by atoms with Crippen LogP contribution in [0.4, 0.5) is 0 Å². The third-order valence-corrected chi connectivity index (χ3v) is 4.06. The lowest BCUT2D eigenvalue weighted by molar-refractivity contribution is -0.144. The van der Waals surface area contributed by atoms with Crippen molar-refractivity contribution in [1.29, 1.82) is 0 Å². The topological polar surface area (TPSA) is 53.7 Å². The second kappa shape index (κ2) is 6.24. The highest BCUT2D eigenvalue weighted by molar-refractivity contribution is 5.70. The second-order valence-electron chi connectivity index (χ2n) is 5.58. The molecule has 2 atom stereocenters. The molecule has 1 N–H and O–H groups in total. The average molecular weight is 265 g/mol. The second-order valence-corrected chi connectivity index (χ2v) is 5.58. The van der Waals surface area contributed by atoms with Gasteiger partial charge >= 0.3 is 5.97 Å². The third-order valence-electron chi connectivity index (χ3n) is 4.06. The Morgan fingerprint density at radius 3 is 2.74 bits per heavy atom. The molecule has 1 aromatic heterocycles. The number of hydrogen-bond donors (Lipinski definition) is 1.